The number of aromatic nitrogens is 1. The maximum atomic E-state index is 10.7. The third-order valence-electron chi connectivity index (χ3n) is 6.81. The summed E-state index contributed by atoms with van der Waals surface area (Å²) in [5.74, 6) is 1.11. The first kappa shape index (κ1) is 21.4. The third-order valence-corrected chi connectivity index (χ3v) is 6.81. The molecule has 1 aromatic heterocycles. The number of hydrogen-bond acceptors (Lipinski definition) is 5. The number of pyridine rings is 1. The molecule has 168 valence electrons. The van der Waals surface area contributed by atoms with Crippen molar-refractivity contribution in [1.29, 1.82) is 0 Å². The summed E-state index contributed by atoms with van der Waals surface area (Å²) in [6, 6.07) is 19.3. The number of benzene rings is 2. The summed E-state index contributed by atoms with van der Waals surface area (Å²) < 4.78 is 0. The SMILES string of the molecule is OC(CNCc1cc2ccccc2nc1N1CCCCC1)CN1CCc2ccccc2C1. The van der Waals surface area contributed by atoms with Crippen LogP contribution in [0.4, 0.5) is 5.82 Å². The van der Waals surface area contributed by atoms with Gasteiger partial charge in [0, 0.05) is 56.8 Å². The molecule has 2 N–H and O–H groups in total. The van der Waals surface area contributed by atoms with Gasteiger partial charge in [-0.05, 0) is 48.9 Å². The van der Waals surface area contributed by atoms with Gasteiger partial charge in [0.15, 0.2) is 0 Å². The van der Waals surface area contributed by atoms with Crippen molar-refractivity contribution in [2.24, 2.45) is 0 Å². The van der Waals surface area contributed by atoms with Crippen molar-refractivity contribution in [1.82, 2.24) is 15.2 Å². The molecule has 3 aromatic rings. The number of para-hydroxylation sites is 1. The predicted octanol–water partition coefficient (Wildman–Crippen LogP) is 3.73. The van der Waals surface area contributed by atoms with Crippen LogP contribution in [-0.4, -0.2) is 53.8 Å². The lowest BCUT2D eigenvalue weighted by molar-refractivity contribution is 0.104. The fraction of sp³-hybridized carbons (Fsp3) is 0.444. The van der Waals surface area contributed by atoms with Crippen molar-refractivity contribution in [2.45, 2.75) is 44.9 Å². The Bertz CT molecular complexity index is 1050. The van der Waals surface area contributed by atoms with Crippen LogP contribution in [0.2, 0.25) is 0 Å². The molecule has 2 aliphatic rings. The minimum absolute atomic E-state index is 0.382. The number of nitrogens with zero attached hydrogens (tertiary/aromatic N) is 3. The van der Waals surface area contributed by atoms with Gasteiger partial charge in [-0.15, -0.1) is 0 Å². The lowest BCUT2D eigenvalue weighted by Crippen LogP contribution is -2.40. The Morgan fingerprint density at radius 3 is 2.59 bits per heavy atom. The Labute approximate surface area is 191 Å². The molecule has 5 nitrogen and oxygen atoms in total. The first-order valence-corrected chi connectivity index (χ1v) is 12.1. The minimum Gasteiger partial charge on any atom is -0.390 e. The van der Waals surface area contributed by atoms with Crippen LogP contribution in [0.25, 0.3) is 10.9 Å². The number of rotatable bonds is 7. The standard InChI is InChI=1S/C27H34N4O/c32-25(20-30-15-12-21-8-2-3-10-23(21)19-30)18-28-17-24-16-22-9-4-5-11-26(22)29-27(24)31-13-6-1-7-14-31/h2-5,8-11,16,25,28,32H,1,6-7,12-15,17-20H2. The topological polar surface area (TPSA) is 51.6 Å². The van der Waals surface area contributed by atoms with Crippen LogP contribution in [0, 0.1) is 0 Å². The van der Waals surface area contributed by atoms with Gasteiger partial charge in [0.25, 0.3) is 0 Å². The van der Waals surface area contributed by atoms with Gasteiger partial charge in [-0.2, -0.15) is 0 Å². The van der Waals surface area contributed by atoms with E-state index in [2.05, 4.69) is 69.7 Å². The van der Waals surface area contributed by atoms with E-state index < -0.39 is 0 Å². The van der Waals surface area contributed by atoms with E-state index in [0.29, 0.717) is 13.1 Å². The van der Waals surface area contributed by atoms with Crippen LogP contribution >= 0.6 is 0 Å². The van der Waals surface area contributed by atoms with Crippen LogP contribution in [0.15, 0.2) is 54.6 Å². The van der Waals surface area contributed by atoms with E-state index in [4.69, 9.17) is 4.98 Å². The molecule has 1 fully saturated rings. The molecule has 0 bridgehead atoms. The van der Waals surface area contributed by atoms with E-state index in [0.717, 1.165) is 50.5 Å². The van der Waals surface area contributed by atoms with E-state index in [1.165, 1.54) is 41.3 Å². The van der Waals surface area contributed by atoms with Crippen LogP contribution < -0.4 is 10.2 Å². The molecule has 3 heterocycles. The molecule has 1 unspecified atom stereocenters. The fourth-order valence-corrected chi connectivity index (χ4v) is 5.11. The summed E-state index contributed by atoms with van der Waals surface area (Å²) in [7, 11) is 0. The van der Waals surface area contributed by atoms with Crippen molar-refractivity contribution in [3.05, 3.63) is 71.3 Å². The highest BCUT2D eigenvalue weighted by Gasteiger charge is 2.20. The van der Waals surface area contributed by atoms with Gasteiger partial charge in [0.1, 0.15) is 5.82 Å². The van der Waals surface area contributed by atoms with Crippen molar-refractivity contribution in [3.63, 3.8) is 0 Å². The average Bonchev–Trinajstić information content (AvgIpc) is 2.84. The van der Waals surface area contributed by atoms with Gasteiger partial charge in [-0.3, -0.25) is 4.90 Å². The molecule has 32 heavy (non-hydrogen) atoms. The van der Waals surface area contributed by atoms with Crippen LogP contribution in [0.5, 0.6) is 0 Å². The Hall–Kier alpha value is -2.47. The number of anilines is 1. The summed E-state index contributed by atoms with van der Waals surface area (Å²) in [6.07, 6.45) is 4.47. The van der Waals surface area contributed by atoms with E-state index in [1.54, 1.807) is 0 Å². The smallest absolute Gasteiger partial charge is 0.133 e. The zero-order chi connectivity index (χ0) is 21.8. The first-order valence-electron chi connectivity index (χ1n) is 12.1. The molecule has 2 aliphatic heterocycles. The van der Waals surface area contributed by atoms with Crippen LogP contribution in [0.3, 0.4) is 0 Å². The van der Waals surface area contributed by atoms with Crippen LogP contribution in [-0.2, 0) is 19.5 Å². The normalized spacial score (nSPS) is 18.0. The number of β-amino-alcohol motifs (C(OH)–C–C–N with tert-alkyl or cyclic N) is 1. The molecule has 5 rings (SSSR count). The minimum atomic E-state index is -0.382. The lowest BCUT2D eigenvalue weighted by Gasteiger charge is -2.31. The van der Waals surface area contributed by atoms with Gasteiger partial charge < -0.3 is 15.3 Å². The fourth-order valence-electron chi connectivity index (χ4n) is 5.11. The maximum Gasteiger partial charge on any atom is 0.133 e. The molecule has 2 aromatic carbocycles. The number of fused-ring (bicyclic) bond motifs is 2. The van der Waals surface area contributed by atoms with E-state index in [1.807, 2.05) is 0 Å². The van der Waals surface area contributed by atoms with E-state index in [-0.39, 0.29) is 6.10 Å². The molecule has 0 spiro atoms. The largest absolute Gasteiger partial charge is 0.390 e. The first-order chi connectivity index (χ1) is 15.8. The Kier molecular flexibility index (Phi) is 6.67. The highest BCUT2D eigenvalue weighted by Crippen LogP contribution is 2.26. The predicted molar refractivity (Wildman–Crippen MR) is 131 cm³/mol. The summed E-state index contributed by atoms with van der Waals surface area (Å²) >= 11 is 0. The summed E-state index contributed by atoms with van der Waals surface area (Å²) in [4.78, 5) is 9.83. The zero-order valence-corrected chi connectivity index (χ0v) is 18.8. The molecular weight excluding hydrogens is 396 g/mol. The summed E-state index contributed by atoms with van der Waals surface area (Å²) in [6.45, 7) is 6.13. The monoisotopic (exact) mass is 430 g/mol. The molecule has 1 atom stereocenters. The quantitative estimate of drug-likeness (QED) is 0.598. The number of piperidine rings is 1. The number of nitrogens with one attached hydrogen (secondary N) is 1. The average molecular weight is 431 g/mol. The number of aliphatic hydroxyl groups excluding tert-OH is 1. The van der Waals surface area contributed by atoms with Crippen molar-refractivity contribution >= 4 is 16.7 Å². The summed E-state index contributed by atoms with van der Waals surface area (Å²) in [5.41, 5.74) is 5.13. The molecular formula is C27H34N4O. The van der Waals surface area contributed by atoms with Crippen molar-refractivity contribution in [2.75, 3.05) is 37.6 Å². The number of aliphatic hydroxyl groups is 1. The molecule has 0 radical (unpaired) electrons. The molecule has 0 saturated carbocycles. The van der Waals surface area contributed by atoms with Gasteiger partial charge >= 0.3 is 0 Å². The molecule has 5 heteroatoms. The second-order valence-electron chi connectivity index (χ2n) is 9.25. The Morgan fingerprint density at radius 1 is 0.938 bits per heavy atom. The second kappa shape index (κ2) is 9.99. The maximum absolute atomic E-state index is 10.7. The molecule has 0 amide bonds. The van der Waals surface area contributed by atoms with Gasteiger partial charge in [-0.1, -0.05) is 42.5 Å². The van der Waals surface area contributed by atoms with Gasteiger partial charge in [0.2, 0.25) is 0 Å². The number of hydrogen-bond donors (Lipinski definition) is 2. The molecule has 0 aliphatic carbocycles. The Balaban J connectivity index is 1.21. The van der Waals surface area contributed by atoms with E-state index >= 15 is 0 Å². The Morgan fingerprint density at radius 2 is 1.72 bits per heavy atom. The zero-order valence-electron chi connectivity index (χ0n) is 18.8. The highest BCUT2D eigenvalue weighted by molar-refractivity contribution is 5.81. The van der Waals surface area contributed by atoms with Crippen LogP contribution in [0.1, 0.15) is 36.0 Å². The summed E-state index contributed by atoms with van der Waals surface area (Å²) in [5, 5.41) is 15.4. The lowest BCUT2D eigenvalue weighted by atomic mass is 10.00. The highest BCUT2D eigenvalue weighted by atomic mass is 16.3. The molecule has 1 saturated heterocycles. The van der Waals surface area contributed by atoms with Crippen molar-refractivity contribution in [3.8, 4) is 0 Å². The second-order valence-corrected chi connectivity index (χ2v) is 9.25. The van der Waals surface area contributed by atoms with Crippen molar-refractivity contribution < 1.29 is 5.11 Å². The van der Waals surface area contributed by atoms with Gasteiger partial charge in [-0.25, -0.2) is 4.98 Å². The van der Waals surface area contributed by atoms with E-state index in [9.17, 15) is 5.11 Å². The van der Waals surface area contributed by atoms with Gasteiger partial charge in [0.05, 0.1) is 11.6 Å². The third kappa shape index (κ3) is 4.96.